The van der Waals surface area contributed by atoms with Crippen LogP contribution < -0.4 is 4.74 Å². The fourth-order valence-corrected chi connectivity index (χ4v) is 3.81. The summed E-state index contributed by atoms with van der Waals surface area (Å²) in [5.74, 6) is -0.365. The highest BCUT2D eigenvalue weighted by atomic mass is 35.5. The number of carbonyl (C=O) groups is 2. The van der Waals surface area contributed by atoms with Crippen LogP contribution in [0.1, 0.15) is 23.6 Å². The second-order valence-corrected chi connectivity index (χ2v) is 8.19. The van der Waals surface area contributed by atoms with Crippen LogP contribution in [0, 0.1) is 6.92 Å². The van der Waals surface area contributed by atoms with Gasteiger partial charge in [0.05, 0.1) is 6.42 Å². The monoisotopic (exact) mass is 430 g/mol. The van der Waals surface area contributed by atoms with Crippen molar-refractivity contribution < 1.29 is 19.4 Å². The maximum absolute atomic E-state index is 12.7. The standard InChI is InChI=1S/C23H27ClN2O4/c1-16-3-5-18(6-4-16)11-22(27)26-10-9-25(17(2)13-26)14-19-12-20(24)7-8-21(19)30-15-23(28)29/h3-8,12,17H,9-11,13-15H2,1-2H3,(H,28,29)/t17-/m0/s1. The minimum atomic E-state index is -1.02. The molecule has 1 N–H and O–H groups in total. The van der Waals surface area contributed by atoms with Crippen LogP contribution in [0.3, 0.4) is 0 Å². The maximum atomic E-state index is 12.7. The number of rotatable bonds is 7. The summed E-state index contributed by atoms with van der Waals surface area (Å²) in [5, 5.41) is 9.46. The summed E-state index contributed by atoms with van der Waals surface area (Å²) in [4.78, 5) is 27.7. The van der Waals surface area contributed by atoms with Crippen molar-refractivity contribution in [3.8, 4) is 5.75 Å². The minimum Gasteiger partial charge on any atom is -0.482 e. The van der Waals surface area contributed by atoms with Crippen LogP contribution in [0.15, 0.2) is 42.5 Å². The number of nitrogens with zero attached hydrogens (tertiary/aromatic N) is 2. The molecule has 6 nitrogen and oxygen atoms in total. The highest BCUT2D eigenvalue weighted by Gasteiger charge is 2.27. The molecule has 1 amide bonds. The molecule has 1 fully saturated rings. The molecular formula is C23H27ClN2O4. The first-order chi connectivity index (χ1) is 14.3. The number of amides is 1. The third-order valence-electron chi connectivity index (χ3n) is 5.34. The van der Waals surface area contributed by atoms with Crippen molar-refractivity contribution in [2.24, 2.45) is 0 Å². The quantitative estimate of drug-likeness (QED) is 0.729. The number of hydrogen-bond acceptors (Lipinski definition) is 4. The van der Waals surface area contributed by atoms with E-state index in [1.165, 1.54) is 5.56 Å². The number of carboxylic acid groups (broad SMARTS) is 1. The minimum absolute atomic E-state index is 0.138. The van der Waals surface area contributed by atoms with Gasteiger partial charge in [-0.3, -0.25) is 9.69 Å². The van der Waals surface area contributed by atoms with E-state index in [9.17, 15) is 9.59 Å². The first-order valence-corrected chi connectivity index (χ1v) is 10.4. The van der Waals surface area contributed by atoms with Gasteiger partial charge >= 0.3 is 5.97 Å². The number of piperazine rings is 1. The Kier molecular flexibility index (Phi) is 7.34. The molecule has 0 aromatic heterocycles. The smallest absolute Gasteiger partial charge is 0.341 e. The van der Waals surface area contributed by atoms with Crippen molar-refractivity contribution in [2.75, 3.05) is 26.2 Å². The molecular weight excluding hydrogens is 404 g/mol. The van der Waals surface area contributed by atoms with Crippen molar-refractivity contribution in [1.29, 1.82) is 0 Å². The molecule has 7 heteroatoms. The molecule has 3 rings (SSSR count). The lowest BCUT2D eigenvalue weighted by Gasteiger charge is -2.40. The average Bonchev–Trinajstić information content (AvgIpc) is 2.70. The van der Waals surface area contributed by atoms with E-state index in [0.29, 0.717) is 36.8 Å². The summed E-state index contributed by atoms with van der Waals surface area (Å²) in [7, 11) is 0. The highest BCUT2D eigenvalue weighted by Crippen LogP contribution is 2.26. The fraction of sp³-hybridized carbons (Fsp3) is 0.391. The van der Waals surface area contributed by atoms with Crippen LogP contribution in [-0.4, -0.2) is 59.1 Å². The summed E-state index contributed by atoms with van der Waals surface area (Å²) in [5.41, 5.74) is 3.05. The second kappa shape index (κ2) is 9.96. The summed E-state index contributed by atoms with van der Waals surface area (Å²) < 4.78 is 5.42. The Morgan fingerprint density at radius 2 is 1.90 bits per heavy atom. The predicted octanol–water partition coefficient (Wildman–Crippen LogP) is 3.39. The van der Waals surface area contributed by atoms with Gasteiger partial charge in [-0.05, 0) is 37.6 Å². The molecule has 2 aromatic rings. The lowest BCUT2D eigenvalue weighted by atomic mass is 10.1. The number of carbonyl (C=O) groups excluding carboxylic acids is 1. The highest BCUT2D eigenvalue weighted by molar-refractivity contribution is 6.30. The number of halogens is 1. The van der Waals surface area contributed by atoms with Gasteiger partial charge in [0.1, 0.15) is 5.75 Å². The molecule has 1 heterocycles. The Balaban J connectivity index is 1.60. The zero-order valence-electron chi connectivity index (χ0n) is 17.3. The van der Waals surface area contributed by atoms with E-state index < -0.39 is 12.6 Å². The molecule has 30 heavy (non-hydrogen) atoms. The SMILES string of the molecule is Cc1ccc(CC(=O)N2CCN(Cc3cc(Cl)ccc3OCC(=O)O)[C@@H](C)C2)cc1. The van der Waals surface area contributed by atoms with Crippen LogP contribution in [0.25, 0.3) is 0 Å². The van der Waals surface area contributed by atoms with Crippen LogP contribution >= 0.6 is 11.6 Å². The Morgan fingerprint density at radius 1 is 1.17 bits per heavy atom. The Morgan fingerprint density at radius 3 is 2.57 bits per heavy atom. The summed E-state index contributed by atoms with van der Waals surface area (Å²) in [6.45, 7) is 6.34. The largest absolute Gasteiger partial charge is 0.482 e. The van der Waals surface area contributed by atoms with Crippen LogP contribution in [0.5, 0.6) is 5.75 Å². The normalized spacial score (nSPS) is 17.0. The average molecular weight is 431 g/mol. The van der Waals surface area contributed by atoms with E-state index in [1.807, 2.05) is 36.1 Å². The molecule has 0 bridgehead atoms. The Labute approximate surface area is 182 Å². The molecule has 0 spiro atoms. The van der Waals surface area contributed by atoms with Gasteiger partial charge in [-0.15, -0.1) is 0 Å². The molecule has 160 valence electrons. The van der Waals surface area contributed by atoms with Gasteiger partial charge < -0.3 is 14.7 Å². The van der Waals surface area contributed by atoms with Crippen molar-refractivity contribution in [1.82, 2.24) is 9.80 Å². The second-order valence-electron chi connectivity index (χ2n) is 7.76. The van der Waals surface area contributed by atoms with Crippen molar-refractivity contribution in [3.05, 3.63) is 64.2 Å². The van der Waals surface area contributed by atoms with E-state index in [-0.39, 0.29) is 11.9 Å². The summed E-state index contributed by atoms with van der Waals surface area (Å²) in [6, 6.07) is 13.4. The topological polar surface area (TPSA) is 70.1 Å². The van der Waals surface area contributed by atoms with E-state index in [2.05, 4.69) is 11.8 Å². The third kappa shape index (κ3) is 5.97. The molecule has 0 aliphatic carbocycles. The number of benzene rings is 2. The number of aliphatic carboxylic acids is 1. The maximum Gasteiger partial charge on any atom is 0.341 e. The van der Waals surface area contributed by atoms with Gasteiger partial charge in [0, 0.05) is 42.8 Å². The van der Waals surface area contributed by atoms with E-state index in [0.717, 1.165) is 17.7 Å². The number of aryl methyl sites for hydroxylation is 1. The van der Waals surface area contributed by atoms with Gasteiger partial charge in [-0.1, -0.05) is 41.4 Å². The molecule has 1 aliphatic rings. The first-order valence-electron chi connectivity index (χ1n) is 10.0. The fourth-order valence-electron chi connectivity index (χ4n) is 3.62. The molecule has 2 aromatic carbocycles. The zero-order chi connectivity index (χ0) is 21.7. The zero-order valence-corrected chi connectivity index (χ0v) is 18.1. The molecule has 0 unspecified atom stereocenters. The van der Waals surface area contributed by atoms with E-state index >= 15 is 0 Å². The first kappa shape index (κ1) is 22.1. The van der Waals surface area contributed by atoms with Gasteiger partial charge in [-0.2, -0.15) is 0 Å². The van der Waals surface area contributed by atoms with Crippen molar-refractivity contribution in [2.45, 2.75) is 32.9 Å². The van der Waals surface area contributed by atoms with Crippen LogP contribution in [0.4, 0.5) is 0 Å². The lowest BCUT2D eigenvalue weighted by Crippen LogP contribution is -2.53. The van der Waals surface area contributed by atoms with Crippen molar-refractivity contribution in [3.63, 3.8) is 0 Å². The van der Waals surface area contributed by atoms with E-state index in [1.54, 1.807) is 18.2 Å². The van der Waals surface area contributed by atoms with Gasteiger partial charge in [0.15, 0.2) is 6.61 Å². The molecule has 1 atom stereocenters. The molecule has 0 radical (unpaired) electrons. The predicted molar refractivity (Wildman–Crippen MR) is 116 cm³/mol. The molecule has 1 aliphatic heterocycles. The summed E-state index contributed by atoms with van der Waals surface area (Å²) >= 11 is 6.14. The Hall–Kier alpha value is -2.57. The van der Waals surface area contributed by atoms with Crippen molar-refractivity contribution >= 4 is 23.5 Å². The summed E-state index contributed by atoms with van der Waals surface area (Å²) in [6.07, 6.45) is 0.411. The molecule has 1 saturated heterocycles. The van der Waals surface area contributed by atoms with E-state index in [4.69, 9.17) is 21.4 Å². The number of ether oxygens (including phenoxy) is 1. The third-order valence-corrected chi connectivity index (χ3v) is 5.58. The van der Waals surface area contributed by atoms with Crippen LogP contribution in [0.2, 0.25) is 5.02 Å². The van der Waals surface area contributed by atoms with Gasteiger partial charge in [0.2, 0.25) is 5.91 Å². The van der Waals surface area contributed by atoms with Gasteiger partial charge in [0.25, 0.3) is 0 Å². The Bertz CT molecular complexity index is 901. The number of hydrogen-bond donors (Lipinski definition) is 1. The van der Waals surface area contributed by atoms with Gasteiger partial charge in [-0.25, -0.2) is 4.79 Å². The van der Waals surface area contributed by atoms with Crippen LogP contribution in [-0.2, 0) is 22.6 Å². The molecule has 0 saturated carbocycles. The lowest BCUT2D eigenvalue weighted by molar-refractivity contribution is -0.139. The number of carboxylic acids is 1.